The highest BCUT2D eigenvalue weighted by atomic mass is 16.4. The summed E-state index contributed by atoms with van der Waals surface area (Å²) in [5.74, 6) is -0.757. The van der Waals surface area contributed by atoms with Crippen LogP contribution in [-0.2, 0) is 11.2 Å². The maximum absolute atomic E-state index is 10.7. The van der Waals surface area contributed by atoms with Crippen LogP contribution in [0.5, 0.6) is 0 Å². The van der Waals surface area contributed by atoms with Crippen molar-refractivity contribution in [1.29, 1.82) is 0 Å². The van der Waals surface area contributed by atoms with E-state index in [4.69, 9.17) is 9.52 Å². The van der Waals surface area contributed by atoms with Gasteiger partial charge in [-0.15, -0.1) is 10.2 Å². The monoisotopic (exact) mass is 233 g/mol. The fourth-order valence-electron chi connectivity index (χ4n) is 1.29. The average Bonchev–Trinajstić information content (AvgIpc) is 2.78. The van der Waals surface area contributed by atoms with Crippen LogP contribution in [0.4, 0.5) is 0 Å². The molecule has 0 aromatic carbocycles. The molecule has 2 aromatic rings. The fraction of sp³-hybridized carbons (Fsp3) is 0.273. The van der Waals surface area contributed by atoms with Crippen molar-refractivity contribution < 1.29 is 14.3 Å². The van der Waals surface area contributed by atoms with Crippen molar-refractivity contribution in [3.8, 4) is 11.5 Å². The largest absolute Gasteiger partial charge is 0.481 e. The van der Waals surface area contributed by atoms with Crippen molar-refractivity contribution in [2.75, 3.05) is 0 Å². The molecule has 0 fully saturated rings. The summed E-state index contributed by atoms with van der Waals surface area (Å²) in [5, 5.41) is 16.4. The molecule has 1 unspecified atom stereocenters. The van der Waals surface area contributed by atoms with Gasteiger partial charge in [-0.3, -0.25) is 9.78 Å². The predicted molar refractivity (Wildman–Crippen MR) is 58.0 cm³/mol. The van der Waals surface area contributed by atoms with Crippen LogP contribution in [0, 0.1) is 5.92 Å². The molecular formula is C11H11N3O3. The Bertz CT molecular complexity index is 510. The highest BCUT2D eigenvalue weighted by molar-refractivity contribution is 5.69. The van der Waals surface area contributed by atoms with Gasteiger partial charge < -0.3 is 9.52 Å². The lowest BCUT2D eigenvalue weighted by molar-refractivity contribution is -0.141. The maximum atomic E-state index is 10.7. The Morgan fingerprint density at radius 1 is 1.53 bits per heavy atom. The van der Waals surface area contributed by atoms with Crippen LogP contribution >= 0.6 is 0 Å². The lowest BCUT2D eigenvalue weighted by atomic mass is 10.1. The van der Waals surface area contributed by atoms with Gasteiger partial charge in [0, 0.05) is 18.8 Å². The van der Waals surface area contributed by atoms with Crippen LogP contribution in [0.3, 0.4) is 0 Å². The summed E-state index contributed by atoms with van der Waals surface area (Å²) < 4.78 is 5.36. The van der Waals surface area contributed by atoms with Gasteiger partial charge in [-0.1, -0.05) is 6.92 Å². The van der Waals surface area contributed by atoms with Crippen molar-refractivity contribution in [2.24, 2.45) is 5.92 Å². The predicted octanol–water partition coefficient (Wildman–Crippen LogP) is 1.39. The topological polar surface area (TPSA) is 89.1 Å². The molecule has 1 N–H and O–H groups in total. The first-order valence-electron chi connectivity index (χ1n) is 5.12. The fourth-order valence-corrected chi connectivity index (χ4v) is 1.29. The van der Waals surface area contributed by atoms with E-state index in [1.807, 2.05) is 0 Å². The molecule has 0 aliphatic rings. The minimum Gasteiger partial charge on any atom is -0.481 e. The van der Waals surface area contributed by atoms with Crippen molar-refractivity contribution in [3.63, 3.8) is 0 Å². The van der Waals surface area contributed by atoms with Crippen LogP contribution in [0.25, 0.3) is 11.5 Å². The molecule has 0 saturated carbocycles. The molecule has 0 amide bonds. The average molecular weight is 233 g/mol. The van der Waals surface area contributed by atoms with Crippen LogP contribution < -0.4 is 0 Å². The number of aromatic nitrogens is 3. The third kappa shape index (κ3) is 2.66. The second-order valence-electron chi connectivity index (χ2n) is 3.69. The first-order chi connectivity index (χ1) is 8.16. The van der Waals surface area contributed by atoms with Crippen molar-refractivity contribution >= 4 is 5.97 Å². The Kier molecular flexibility index (Phi) is 3.13. The summed E-state index contributed by atoms with van der Waals surface area (Å²) >= 11 is 0. The molecule has 0 spiro atoms. The van der Waals surface area contributed by atoms with Gasteiger partial charge >= 0.3 is 5.97 Å². The van der Waals surface area contributed by atoms with Gasteiger partial charge in [-0.2, -0.15) is 0 Å². The summed E-state index contributed by atoms with van der Waals surface area (Å²) in [7, 11) is 0. The number of rotatable bonds is 4. The molecule has 17 heavy (non-hydrogen) atoms. The van der Waals surface area contributed by atoms with Crippen LogP contribution in [0.2, 0.25) is 0 Å². The van der Waals surface area contributed by atoms with Gasteiger partial charge in [0.05, 0.1) is 11.5 Å². The van der Waals surface area contributed by atoms with Crippen molar-refractivity contribution in [1.82, 2.24) is 15.2 Å². The molecule has 2 heterocycles. The van der Waals surface area contributed by atoms with Gasteiger partial charge in [0.2, 0.25) is 11.8 Å². The minimum absolute atomic E-state index is 0.225. The molecule has 0 aliphatic heterocycles. The molecular weight excluding hydrogens is 222 g/mol. The van der Waals surface area contributed by atoms with Gasteiger partial charge in [-0.05, 0) is 12.1 Å². The third-order valence-electron chi connectivity index (χ3n) is 2.28. The van der Waals surface area contributed by atoms with Crippen LogP contribution in [-0.4, -0.2) is 26.3 Å². The first-order valence-corrected chi connectivity index (χ1v) is 5.12. The lowest BCUT2D eigenvalue weighted by Gasteiger charge is -2.00. The van der Waals surface area contributed by atoms with Gasteiger partial charge in [0.25, 0.3) is 0 Å². The molecule has 2 rings (SSSR count). The van der Waals surface area contributed by atoms with E-state index in [0.717, 1.165) is 0 Å². The number of carboxylic acids is 1. The normalized spacial score (nSPS) is 12.3. The number of nitrogens with zero attached hydrogens (tertiary/aromatic N) is 3. The molecule has 1 atom stereocenters. The zero-order valence-corrected chi connectivity index (χ0v) is 9.20. The van der Waals surface area contributed by atoms with Crippen molar-refractivity contribution in [3.05, 3.63) is 30.4 Å². The summed E-state index contributed by atoms with van der Waals surface area (Å²) in [4.78, 5) is 14.6. The quantitative estimate of drug-likeness (QED) is 0.858. The second kappa shape index (κ2) is 4.73. The molecule has 0 bridgehead atoms. The highest BCUT2D eigenvalue weighted by Crippen LogP contribution is 2.17. The molecule has 2 aromatic heterocycles. The smallest absolute Gasteiger partial charge is 0.306 e. The number of hydrogen-bond acceptors (Lipinski definition) is 5. The maximum Gasteiger partial charge on any atom is 0.306 e. The van der Waals surface area contributed by atoms with E-state index in [1.165, 1.54) is 0 Å². The van der Waals surface area contributed by atoms with E-state index in [-0.39, 0.29) is 6.42 Å². The summed E-state index contributed by atoms with van der Waals surface area (Å²) in [6.07, 6.45) is 3.48. The number of pyridine rings is 1. The Hall–Kier alpha value is -2.24. The molecule has 6 heteroatoms. The third-order valence-corrected chi connectivity index (χ3v) is 2.28. The van der Waals surface area contributed by atoms with E-state index in [9.17, 15) is 4.79 Å². The van der Waals surface area contributed by atoms with E-state index in [1.54, 1.807) is 31.5 Å². The van der Waals surface area contributed by atoms with Gasteiger partial charge in [0.15, 0.2) is 0 Å². The summed E-state index contributed by atoms with van der Waals surface area (Å²) in [6.45, 7) is 1.59. The molecule has 0 saturated heterocycles. The van der Waals surface area contributed by atoms with E-state index in [2.05, 4.69) is 15.2 Å². The SMILES string of the molecule is CC(Cc1nnc(-c2cccnc2)o1)C(=O)O. The summed E-state index contributed by atoms with van der Waals surface area (Å²) in [5.41, 5.74) is 0.717. The zero-order chi connectivity index (χ0) is 12.3. The van der Waals surface area contributed by atoms with Crippen LogP contribution in [0.15, 0.2) is 28.9 Å². The second-order valence-corrected chi connectivity index (χ2v) is 3.69. The molecule has 6 nitrogen and oxygen atoms in total. The van der Waals surface area contributed by atoms with E-state index < -0.39 is 11.9 Å². The number of hydrogen-bond donors (Lipinski definition) is 1. The minimum atomic E-state index is -0.883. The molecule has 88 valence electrons. The first kappa shape index (κ1) is 11.3. The number of aliphatic carboxylic acids is 1. The molecule has 0 aliphatic carbocycles. The summed E-state index contributed by atoms with van der Waals surface area (Å²) in [6, 6.07) is 3.56. The highest BCUT2D eigenvalue weighted by Gasteiger charge is 2.16. The molecule has 0 radical (unpaired) electrons. The van der Waals surface area contributed by atoms with Crippen LogP contribution in [0.1, 0.15) is 12.8 Å². The van der Waals surface area contributed by atoms with E-state index >= 15 is 0 Å². The number of carboxylic acid groups (broad SMARTS) is 1. The number of carbonyl (C=O) groups is 1. The van der Waals surface area contributed by atoms with Crippen molar-refractivity contribution in [2.45, 2.75) is 13.3 Å². The standard InChI is InChI=1S/C11H11N3O3/c1-7(11(15)16)5-9-13-14-10(17-9)8-3-2-4-12-6-8/h2-4,6-7H,5H2,1H3,(H,15,16). The Morgan fingerprint density at radius 2 is 2.35 bits per heavy atom. The lowest BCUT2D eigenvalue weighted by Crippen LogP contribution is -2.12. The van der Waals surface area contributed by atoms with Gasteiger partial charge in [0.1, 0.15) is 0 Å². The Labute approximate surface area is 97.3 Å². The Balaban J connectivity index is 2.14. The zero-order valence-electron chi connectivity index (χ0n) is 9.20. The Morgan fingerprint density at radius 3 is 3.00 bits per heavy atom. The van der Waals surface area contributed by atoms with E-state index in [0.29, 0.717) is 17.3 Å². The van der Waals surface area contributed by atoms with Gasteiger partial charge in [-0.25, -0.2) is 0 Å².